The molecule has 0 N–H and O–H groups in total. The summed E-state index contributed by atoms with van der Waals surface area (Å²) in [4.78, 5) is 4.87. The Kier molecular flexibility index (Phi) is 7.14. The first-order valence-electron chi connectivity index (χ1n) is 6.94. The third-order valence-electron chi connectivity index (χ3n) is 3.37. The number of rotatable bonds is 8. The molecule has 102 valence electrons. The monoisotopic (exact) mass is 268 g/mol. The lowest BCUT2D eigenvalue weighted by Crippen LogP contribution is -2.29. The molecular formula is C15H25ClN2. The van der Waals surface area contributed by atoms with E-state index in [1.165, 1.54) is 18.7 Å². The summed E-state index contributed by atoms with van der Waals surface area (Å²) in [5.74, 6) is 0. The van der Waals surface area contributed by atoms with Crippen LogP contribution in [0.25, 0.3) is 0 Å². The smallest absolute Gasteiger partial charge is 0.0407 e. The minimum atomic E-state index is 0.804. The highest BCUT2D eigenvalue weighted by Crippen LogP contribution is 2.18. The van der Waals surface area contributed by atoms with Gasteiger partial charge in [-0.25, -0.2) is 0 Å². The first-order chi connectivity index (χ1) is 8.71. The Bertz CT molecular complexity index is 320. The van der Waals surface area contributed by atoms with Gasteiger partial charge in [-0.3, -0.25) is 0 Å². The summed E-state index contributed by atoms with van der Waals surface area (Å²) in [5, 5.41) is 0.804. The molecule has 0 radical (unpaired) electrons. The zero-order valence-electron chi connectivity index (χ0n) is 11.8. The maximum absolute atomic E-state index is 5.92. The van der Waals surface area contributed by atoms with E-state index in [4.69, 9.17) is 11.6 Å². The van der Waals surface area contributed by atoms with Crippen molar-refractivity contribution in [3.63, 3.8) is 0 Å². The van der Waals surface area contributed by atoms with Crippen LogP contribution in [0.4, 0.5) is 5.69 Å². The number of hydrogen-bond acceptors (Lipinski definition) is 2. The van der Waals surface area contributed by atoms with Gasteiger partial charge in [0.1, 0.15) is 0 Å². The molecule has 0 heterocycles. The summed E-state index contributed by atoms with van der Waals surface area (Å²) in [5.41, 5.74) is 1.27. The second-order valence-corrected chi connectivity index (χ2v) is 4.87. The van der Waals surface area contributed by atoms with Gasteiger partial charge in [-0.2, -0.15) is 0 Å². The van der Waals surface area contributed by atoms with E-state index in [-0.39, 0.29) is 0 Å². The number of hydrogen-bond donors (Lipinski definition) is 0. The quantitative estimate of drug-likeness (QED) is 0.706. The summed E-state index contributed by atoms with van der Waals surface area (Å²) < 4.78 is 0. The van der Waals surface area contributed by atoms with Crippen molar-refractivity contribution in [2.45, 2.75) is 27.2 Å². The van der Waals surface area contributed by atoms with Crippen LogP contribution in [-0.4, -0.2) is 37.6 Å². The first kappa shape index (κ1) is 15.3. The van der Waals surface area contributed by atoms with Crippen LogP contribution in [0.5, 0.6) is 0 Å². The van der Waals surface area contributed by atoms with Crippen molar-refractivity contribution in [2.75, 3.05) is 37.6 Å². The number of benzene rings is 1. The van der Waals surface area contributed by atoms with Crippen LogP contribution in [0.3, 0.4) is 0 Å². The Morgan fingerprint density at radius 2 is 1.50 bits per heavy atom. The summed E-state index contributed by atoms with van der Waals surface area (Å²) in [6, 6.07) is 8.13. The van der Waals surface area contributed by atoms with E-state index in [2.05, 4.69) is 42.7 Å². The van der Waals surface area contributed by atoms with Crippen molar-refractivity contribution < 1.29 is 0 Å². The van der Waals surface area contributed by atoms with Gasteiger partial charge in [0.15, 0.2) is 0 Å². The number of anilines is 1. The summed E-state index contributed by atoms with van der Waals surface area (Å²) in [7, 11) is 0. The summed E-state index contributed by atoms with van der Waals surface area (Å²) in [6.45, 7) is 12.3. The number of halogens is 1. The Morgan fingerprint density at radius 3 is 2.00 bits per heavy atom. The largest absolute Gasteiger partial charge is 0.372 e. The van der Waals surface area contributed by atoms with Gasteiger partial charge in [0, 0.05) is 23.8 Å². The lowest BCUT2D eigenvalue weighted by Gasteiger charge is -2.25. The predicted molar refractivity (Wildman–Crippen MR) is 81.7 cm³/mol. The summed E-state index contributed by atoms with van der Waals surface area (Å²) in [6.07, 6.45) is 1.21. The van der Waals surface area contributed by atoms with Gasteiger partial charge in [0.25, 0.3) is 0 Å². The molecule has 0 aromatic heterocycles. The lowest BCUT2D eigenvalue weighted by molar-refractivity contribution is 0.301. The Morgan fingerprint density at radius 1 is 0.889 bits per heavy atom. The molecule has 0 amide bonds. The van der Waals surface area contributed by atoms with Gasteiger partial charge < -0.3 is 9.80 Å². The Labute approximate surface area is 117 Å². The molecule has 0 unspecified atom stereocenters. The van der Waals surface area contributed by atoms with E-state index in [0.29, 0.717) is 0 Å². The molecule has 18 heavy (non-hydrogen) atoms. The second kappa shape index (κ2) is 8.39. The molecule has 1 rings (SSSR count). The molecule has 0 bridgehead atoms. The second-order valence-electron chi connectivity index (χ2n) is 4.44. The van der Waals surface area contributed by atoms with Crippen molar-refractivity contribution in [3.8, 4) is 0 Å². The van der Waals surface area contributed by atoms with Gasteiger partial charge in [-0.1, -0.05) is 25.4 Å². The fourth-order valence-electron chi connectivity index (χ4n) is 2.15. The van der Waals surface area contributed by atoms with Crippen molar-refractivity contribution >= 4 is 17.3 Å². The highest BCUT2D eigenvalue weighted by Gasteiger charge is 2.05. The predicted octanol–water partition coefficient (Wildman–Crippen LogP) is 3.90. The molecule has 3 heteroatoms. The highest BCUT2D eigenvalue weighted by molar-refractivity contribution is 6.30. The van der Waals surface area contributed by atoms with E-state index in [9.17, 15) is 0 Å². The SMILES string of the molecule is CCN(CC)CCCN(CC)c1ccc(Cl)cc1. The minimum absolute atomic E-state index is 0.804. The number of nitrogens with zero attached hydrogens (tertiary/aromatic N) is 2. The van der Waals surface area contributed by atoms with Gasteiger partial charge in [-0.15, -0.1) is 0 Å². The van der Waals surface area contributed by atoms with Crippen molar-refractivity contribution in [2.24, 2.45) is 0 Å². The maximum atomic E-state index is 5.92. The standard InChI is InChI=1S/C15H25ClN2/c1-4-17(5-2)12-7-13-18(6-3)15-10-8-14(16)9-11-15/h8-11H,4-7,12-13H2,1-3H3. The Balaban J connectivity index is 2.44. The average Bonchev–Trinajstić information content (AvgIpc) is 2.41. The maximum Gasteiger partial charge on any atom is 0.0407 e. The molecule has 2 nitrogen and oxygen atoms in total. The molecule has 0 saturated carbocycles. The zero-order chi connectivity index (χ0) is 13.4. The van der Waals surface area contributed by atoms with Gasteiger partial charge >= 0.3 is 0 Å². The molecule has 0 aliphatic rings. The van der Waals surface area contributed by atoms with Gasteiger partial charge in [0.05, 0.1) is 0 Å². The molecule has 0 aliphatic heterocycles. The molecule has 0 atom stereocenters. The van der Waals surface area contributed by atoms with E-state index in [1.807, 2.05) is 12.1 Å². The molecule has 0 spiro atoms. The fourth-order valence-corrected chi connectivity index (χ4v) is 2.27. The molecule has 1 aromatic rings. The fraction of sp³-hybridized carbons (Fsp3) is 0.600. The lowest BCUT2D eigenvalue weighted by atomic mass is 10.2. The van der Waals surface area contributed by atoms with Crippen LogP contribution in [0.2, 0.25) is 5.02 Å². The normalized spacial score (nSPS) is 10.9. The van der Waals surface area contributed by atoms with Gasteiger partial charge in [-0.05, 0) is 57.2 Å². The molecule has 0 fully saturated rings. The average molecular weight is 269 g/mol. The van der Waals surface area contributed by atoms with Crippen LogP contribution in [0, 0.1) is 0 Å². The minimum Gasteiger partial charge on any atom is -0.372 e. The van der Waals surface area contributed by atoms with E-state index in [1.54, 1.807) is 0 Å². The van der Waals surface area contributed by atoms with E-state index >= 15 is 0 Å². The Hall–Kier alpha value is -0.730. The topological polar surface area (TPSA) is 6.48 Å². The molecule has 0 saturated heterocycles. The van der Waals surface area contributed by atoms with E-state index < -0.39 is 0 Å². The van der Waals surface area contributed by atoms with Crippen LogP contribution in [0.15, 0.2) is 24.3 Å². The molecule has 0 aliphatic carbocycles. The van der Waals surface area contributed by atoms with Crippen molar-refractivity contribution in [3.05, 3.63) is 29.3 Å². The van der Waals surface area contributed by atoms with Crippen LogP contribution in [-0.2, 0) is 0 Å². The zero-order valence-corrected chi connectivity index (χ0v) is 12.6. The molecule has 1 aromatic carbocycles. The highest BCUT2D eigenvalue weighted by atomic mass is 35.5. The molecular weight excluding hydrogens is 244 g/mol. The van der Waals surface area contributed by atoms with Crippen LogP contribution < -0.4 is 4.90 Å². The van der Waals surface area contributed by atoms with Crippen molar-refractivity contribution in [1.82, 2.24) is 4.90 Å². The van der Waals surface area contributed by atoms with Crippen LogP contribution >= 0.6 is 11.6 Å². The first-order valence-corrected chi connectivity index (χ1v) is 7.31. The van der Waals surface area contributed by atoms with Crippen molar-refractivity contribution in [1.29, 1.82) is 0 Å². The van der Waals surface area contributed by atoms with E-state index in [0.717, 1.165) is 31.2 Å². The van der Waals surface area contributed by atoms with Gasteiger partial charge in [0.2, 0.25) is 0 Å². The summed E-state index contributed by atoms with van der Waals surface area (Å²) >= 11 is 5.92. The third kappa shape index (κ3) is 4.87. The third-order valence-corrected chi connectivity index (χ3v) is 3.62. The van der Waals surface area contributed by atoms with Crippen LogP contribution in [0.1, 0.15) is 27.2 Å².